The van der Waals surface area contributed by atoms with Gasteiger partial charge in [-0.25, -0.2) is 13.1 Å². The summed E-state index contributed by atoms with van der Waals surface area (Å²) in [5, 5.41) is 2.87. The number of nitrogens with one attached hydrogen (secondary N) is 2. The summed E-state index contributed by atoms with van der Waals surface area (Å²) in [5.41, 5.74) is 1.73. The fourth-order valence-electron chi connectivity index (χ4n) is 3.80. The van der Waals surface area contributed by atoms with Gasteiger partial charge in [0, 0.05) is 39.3 Å². The number of methoxy groups -OCH3 is 2. The highest BCUT2D eigenvalue weighted by Crippen LogP contribution is 2.22. The molecule has 3 rings (SSSR count). The van der Waals surface area contributed by atoms with Gasteiger partial charge in [-0.05, 0) is 68.0 Å². The summed E-state index contributed by atoms with van der Waals surface area (Å²) in [6.45, 7) is 3.01. The maximum Gasteiger partial charge on any atom is 0.242 e. The number of hydrogen-bond acceptors (Lipinski definition) is 6. The predicted molar refractivity (Wildman–Crippen MR) is 141 cm³/mol. The summed E-state index contributed by atoms with van der Waals surface area (Å²) in [4.78, 5) is 27.9. The molecule has 37 heavy (non-hydrogen) atoms. The minimum absolute atomic E-state index is 0.0400. The number of aryl methyl sites for hydroxylation is 1. The third kappa shape index (κ3) is 8.84. The molecule has 0 bridgehead atoms. The maximum absolute atomic E-state index is 13.3. The molecule has 0 aliphatic heterocycles. The first-order valence-electron chi connectivity index (χ1n) is 12.5. The number of hydrogen-bond donors (Lipinski definition) is 2. The van der Waals surface area contributed by atoms with Crippen molar-refractivity contribution in [1.82, 2.24) is 14.9 Å². The summed E-state index contributed by atoms with van der Waals surface area (Å²) in [6.07, 6.45) is 3.04. The molecule has 9 nitrogen and oxygen atoms in total. The van der Waals surface area contributed by atoms with E-state index in [1.807, 2.05) is 24.3 Å². The van der Waals surface area contributed by atoms with E-state index in [1.54, 1.807) is 50.3 Å². The van der Waals surface area contributed by atoms with Crippen LogP contribution in [0.1, 0.15) is 43.7 Å². The molecule has 0 radical (unpaired) electrons. The lowest BCUT2D eigenvalue weighted by molar-refractivity contribution is -0.140. The Morgan fingerprint density at radius 2 is 1.68 bits per heavy atom. The van der Waals surface area contributed by atoms with Gasteiger partial charge >= 0.3 is 0 Å². The van der Waals surface area contributed by atoms with Crippen LogP contribution in [0.25, 0.3) is 0 Å². The van der Waals surface area contributed by atoms with Crippen molar-refractivity contribution in [2.75, 3.05) is 27.4 Å². The molecule has 2 amide bonds. The molecule has 0 aromatic heterocycles. The van der Waals surface area contributed by atoms with Crippen LogP contribution in [0.2, 0.25) is 0 Å². The Balaban J connectivity index is 1.65. The van der Waals surface area contributed by atoms with Crippen LogP contribution in [0.3, 0.4) is 0 Å². The Morgan fingerprint density at radius 1 is 1.03 bits per heavy atom. The number of amides is 2. The molecule has 0 saturated heterocycles. The number of carbonyl (C=O) groups is 2. The maximum atomic E-state index is 13.3. The van der Waals surface area contributed by atoms with E-state index in [2.05, 4.69) is 10.0 Å². The third-order valence-electron chi connectivity index (χ3n) is 6.26. The molecule has 1 atom stereocenters. The van der Waals surface area contributed by atoms with E-state index in [9.17, 15) is 18.0 Å². The van der Waals surface area contributed by atoms with E-state index in [0.29, 0.717) is 31.7 Å². The van der Waals surface area contributed by atoms with Gasteiger partial charge < -0.3 is 19.7 Å². The van der Waals surface area contributed by atoms with Crippen LogP contribution in [0, 0.1) is 0 Å². The van der Waals surface area contributed by atoms with Crippen molar-refractivity contribution >= 4 is 21.8 Å². The van der Waals surface area contributed by atoms with Crippen molar-refractivity contribution in [3.05, 3.63) is 59.7 Å². The van der Waals surface area contributed by atoms with Crippen LogP contribution in [-0.2, 0) is 37.3 Å². The molecule has 2 aromatic rings. The first-order valence-corrected chi connectivity index (χ1v) is 14.0. The zero-order chi connectivity index (χ0) is 26.8. The Morgan fingerprint density at radius 3 is 2.27 bits per heavy atom. The van der Waals surface area contributed by atoms with Gasteiger partial charge in [0.1, 0.15) is 11.8 Å². The van der Waals surface area contributed by atoms with Crippen molar-refractivity contribution in [3.63, 3.8) is 0 Å². The number of rotatable bonds is 15. The summed E-state index contributed by atoms with van der Waals surface area (Å²) in [6, 6.07) is 13.3. The molecule has 2 aromatic carbocycles. The summed E-state index contributed by atoms with van der Waals surface area (Å²) < 4.78 is 37.7. The SMILES string of the molecule is COCCCNC(=O)[C@H](C)N(Cc1ccc(OC)cc1)C(=O)CCc1ccc(S(=O)(=O)NC2CC2)cc1. The molecular formula is C27H37N3O6S. The van der Waals surface area contributed by atoms with Crippen molar-refractivity contribution in [1.29, 1.82) is 0 Å². The first-order chi connectivity index (χ1) is 17.7. The molecule has 1 saturated carbocycles. The van der Waals surface area contributed by atoms with Gasteiger partial charge in [0.25, 0.3) is 0 Å². The van der Waals surface area contributed by atoms with E-state index in [-0.39, 0.29) is 35.7 Å². The zero-order valence-corrected chi connectivity index (χ0v) is 22.6. The molecule has 0 unspecified atom stereocenters. The summed E-state index contributed by atoms with van der Waals surface area (Å²) >= 11 is 0. The molecule has 0 spiro atoms. The fraction of sp³-hybridized carbons (Fsp3) is 0.481. The Hall–Kier alpha value is -2.95. The van der Waals surface area contributed by atoms with Gasteiger partial charge in [0.15, 0.2) is 0 Å². The van der Waals surface area contributed by atoms with Crippen LogP contribution >= 0.6 is 0 Å². The predicted octanol–water partition coefficient (Wildman–Crippen LogP) is 2.64. The van der Waals surface area contributed by atoms with Gasteiger partial charge in [-0.3, -0.25) is 9.59 Å². The molecule has 10 heteroatoms. The number of sulfonamides is 1. The second kappa shape index (κ2) is 13.6. The molecule has 1 fully saturated rings. The van der Waals surface area contributed by atoms with Crippen molar-refractivity contribution in [2.45, 2.75) is 62.6 Å². The molecule has 1 aliphatic carbocycles. The highest BCUT2D eigenvalue weighted by atomic mass is 32.2. The van der Waals surface area contributed by atoms with Gasteiger partial charge in [-0.15, -0.1) is 0 Å². The average Bonchev–Trinajstić information content (AvgIpc) is 3.71. The van der Waals surface area contributed by atoms with Gasteiger partial charge in [0.05, 0.1) is 12.0 Å². The molecule has 2 N–H and O–H groups in total. The highest BCUT2D eigenvalue weighted by Gasteiger charge is 2.28. The van der Waals surface area contributed by atoms with E-state index < -0.39 is 16.1 Å². The van der Waals surface area contributed by atoms with Crippen molar-refractivity contribution < 1.29 is 27.5 Å². The second-order valence-corrected chi connectivity index (χ2v) is 10.9. The third-order valence-corrected chi connectivity index (χ3v) is 7.80. The Bertz CT molecular complexity index is 1130. The number of ether oxygens (including phenoxy) is 2. The van der Waals surface area contributed by atoms with Crippen molar-refractivity contribution in [2.24, 2.45) is 0 Å². The van der Waals surface area contributed by atoms with Crippen LogP contribution in [-0.4, -0.2) is 64.6 Å². The monoisotopic (exact) mass is 531 g/mol. The van der Waals surface area contributed by atoms with E-state index in [4.69, 9.17) is 9.47 Å². The highest BCUT2D eigenvalue weighted by molar-refractivity contribution is 7.89. The number of benzene rings is 2. The second-order valence-electron chi connectivity index (χ2n) is 9.22. The van der Waals surface area contributed by atoms with E-state index in [0.717, 1.165) is 24.0 Å². The van der Waals surface area contributed by atoms with E-state index >= 15 is 0 Å². The van der Waals surface area contributed by atoms with Gasteiger partial charge in [0.2, 0.25) is 21.8 Å². The fourth-order valence-corrected chi connectivity index (χ4v) is 5.11. The Kier molecular flexibility index (Phi) is 10.5. The van der Waals surface area contributed by atoms with Crippen molar-refractivity contribution in [3.8, 4) is 5.75 Å². The summed E-state index contributed by atoms with van der Waals surface area (Å²) in [5.74, 6) is 0.321. The molecule has 1 aliphatic rings. The smallest absolute Gasteiger partial charge is 0.242 e. The number of carbonyl (C=O) groups excluding carboxylic acids is 2. The topological polar surface area (TPSA) is 114 Å². The lowest BCUT2D eigenvalue weighted by atomic mass is 10.1. The summed E-state index contributed by atoms with van der Waals surface area (Å²) in [7, 11) is -0.319. The van der Waals surface area contributed by atoms with Crippen LogP contribution in [0.4, 0.5) is 0 Å². The normalized spacial score (nSPS) is 14.1. The van der Waals surface area contributed by atoms with Gasteiger partial charge in [-0.2, -0.15) is 0 Å². The van der Waals surface area contributed by atoms with E-state index in [1.165, 1.54) is 0 Å². The largest absolute Gasteiger partial charge is 0.497 e. The minimum Gasteiger partial charge on any atom is -0.497 e. The van der Waals surface area contributed by atoms with Crippen LogP contribution in [0.5, 0.6) is 5.75 Å². The molecule has 202 valence electrons. The first kappa shape index (κ1) is 28.6. The zero-order valence-electron chi connectivity index (χ0n) is 21.7. The lowest BCUT2D eigenvalue weighted by Gasteiger charge is -2.29. The van der Waals surface area contributed by atoms with Gasteiger partial charge in [-0.1, -0.05) is 24.3 Å². The quantitative estimate of drug-likeness (QED) is 0.342. The molecule has 0 heterocycles. The Labute approximate surface area is 219 Å². The van der Waals surface area contributed by atoms with Crippen LogP contribution < -0.4 is 14.8 Å². The average molecular weight is 532 g/mol. The molecular weight excluding hydrogens is 494 g/mol. The number of nitrogens with zero attached hydrogens (tertiary/aromatic N) is 1. The minimum atomic E-state index is -3.52. The lowest BCUT2D eigenvalue weighted by Crippen LogP contribution is -2.48. The van der Waals surface area contributed by atoms with Crippen LogP contribution in [0.15, 0.2) is 53.4 Å². The standard InChI is InChI=1S/C27H37N3O6S/c1-20(27(32)28-17-4-18-35-2)30(19-22-5-12-24(36-3)13-6-22)26(31)16-9-21-7-14-25(15-8-21)37(33,34)29-23-10-11-23/h5-8,12-15,20,23,29H,4,9-11,16-19H2,1-3H3,(H,28,32)/t20-/m0/s1.